The SMILES string of the molecule is CCCCC[C@](C)(OC)C(=O)Nc1cc(C)c(OCCCC)c(C)c1. The Morgan fingerprint density at radius 3 is 2.20 bits per heavy atom. The van der Waals surface area contributed by atoms with Gasteiger partial charge in [0.1, 0.15) is 11.4 Å². The van der Waals surface area contributed by atoms with Crippen molar-refractivity contribution in [1.82, 2.24) is 0 Å². The predicted molar refractivity (Wildman–Crippen MR) is 105 cm³/mol. The van der Waals surface area contributed by atoms with E-state index in [0.717, 1.165) is 67.7 Å². The van der Waals surface area contributed by atoms with Crippen molar-refractivity contribution in [3.63, 3.8) is 0 Å². The van der Waals surface area contributed by atoms with E-state index in [0.29, 0.717) is 0 Å². The average Bonchev–Trinajstić information content (AvgIpc) is 2.57. The third-order valence-electron chi connectivity index (χ3n) is 4.65. The first kappa shape index (κ1) is 21.5. The highest BCUT2D eigenvalue weighted by Gasteiger charge is 2.32. The molecule has 0 fully saturated rings. The fourth-order valence-electron chi connectivity index (χ4n) is 2.85. The summed E-state index contributed by atoms with van der Waals surface area (Å²) in [6.07, 6.45) is 6.09. The number of methoxy groups -OCH3 is 1. The summed E-state index contributed by atoms with van der Waals surface area (Å²) in [6, 6.07) is 3.93. The van der Waals surface area contributed by atoms with Gasteiger partial charge in [0.2, 0.25) is 0 Å². The highest BCUT2D eigenvalue weighted by Crippen LogP contribution is 2.29. The van der Waals surface area contributed by atoms with Crippen LogP contribution in [-0.4, -0.2) is 25.2 Å². The molecular formula is C21H35NO3. The second-order valence-corrected chi connectivity index (χ2v) is 6.99. The number of ether oxygens (including phenoxy) is 2. The molecule has 0 saturated carbocycles. The number of amides is 1. The molecule has 0 aliphatic heterocycles. The molecule has 0 saturated heterocycles. The van der Waals surface area contributed by atoms with Gasteiger partial charge in [-0.05, 0) is 56.9 Å². The summed E-state index contributed by atoms with van der Waals surface area (Å²) in [4.78, 5) is 12.7. The normalized spacial score (nSPS) is 13.4. The number of hydrogen-bond donors (Lipinski definition) is 1. The van der Waals surface area contributed by atoms with Crippen LogP contribution in [0.1, 0.15) is 70.4 Å². The van der Waals surface area contributed by atoms with Gasteiger partial charge in [-0.2, -0.15) is 0 Å². The number of hydrogen-bond acceptors (Lipinski definition) is 3. The van der Waals surface area contributed by atoms with Gasteiger partial charge >= 0.3 is 0 Å². The van der Waals surface area contributed by atoms with Gasteiger partial charge in [0, 0.05) is 12.8 Å². The van der Waals surface area contributed by atoms with Gasteiger partial charge in [0.15, 0.2) is 0 Å². The summed E-state index contributed by atoms with van der Waals surface area (Å²) in [5, 5.41) is 3.02. The number of anilines is 1. The van der Waals surface area contributed by atoms with E-state index in [9.17, 15) is 4.79 Å². The van der Waals surface area contributed by atoms with Gasteiger partial charge in [0.25, 0.3) is 5.91 Å². The summed E-state index contributed by atoms with van der Waals surface area (Å²) < 4.78 is 11.4. The third-order valence-corrected chi connectivity index (χ3v) is 4.65. The van der Waals surface area contributed by atoms with E-state index in [1.165, 1.54) is 0 Å². The molecule has 1 atom stereocenters. The molecule has 0 unspecified atom stereocenters. The van der Waals surface area contributed by atoms with Crippen LogP contribution in [0.2, 0.25) is 0 Å². The van der Waals surface area contributed by atoms with Crippen molar-refractivity contribution in [2.24, 2.45) is 0 Å². The van der Waals surface area contributed by atoms with E-state index < -0.39 is 5.60 Å². The molecule has 25 heavy (non-hydrogen) atoms. The minimum atomic E-state index is -0.798. The summed E-state index contributed by atoms with van der Waals surface area (Å²) in [5.74, 6) is 0.827. The molecule has 1 amide bonds. The van der Waals surface area contributed by atoms with E-state index in [2.05, 4.69) is 19.2 Å². The number of unbranched alkanes of at least 4 members (excludes halogenated alkanes) is 3. The Labute approximate surface area is 153 Å². The molecule has 1 aromatic carbocycles. The number of nitrogens with one attached hydrogen (secondary N) is 1. The minimum absolute atomic E-state index is 0.0930. The third kappa shape index (κ3) is 6.35. The lowest BCUT2D eigenvalue weighted by atomic mass is 9.96. The molecule has 0 spiro atoms. The summed E-state index contributed by atoms with van der Waals surface area (Å²) in [7, 11) is 1.60. The van der Waals surface area contributed by atoms with E-state index in [1.54, 1.807) is 7.11 Å². The summed E-state index contributed by atoms with van der Waals surface area (Å²) >= 11 is 0. The predicted octanol–water partition coefficient (Wildman–Crippen LogP) is 5.41. The number of benzene rings is 1. The smallest absolute Gasteiger partial charge is 0.256 e. The van der Waals surface area contributed by atoms with Crippen molar-refractivity contribution < 1.29 is 14.3 Å². The first-order chi connectivity index (χ1) is 11.9. The maximum atomic E-state index is 12.7. The van der Waals surface area contributed by atoms with Crippen LogP contribution in [0.15, 0.2) is 12.1 Å². The fraction of sp³-hybridized carbons (Fsp3) is 0.667. The largest absolute Gasteiger partial charge is 0.493 e. The molecule has 0 aliphatic carbocycles. The molecule has 1 rings (SSSR count). The maximum Gasteiger partial charge on any atom is 0.256 e. The molecule has 4 nitrogen and oxygen atoms in total. The molecule has 142 valence electrons. The highest BCUT2D eigenvalue weighted by molar-refractivity contribution is 5.97. The number of carbonyl (C=O) groups is 1. The molecule has 0 aliphatic rings. The second kappa shape index (κ2) is 10.4. The van der Waals surface area contributed by atoms with Crippen LogP contribution in [-0.2, 0) is 9.53 Å². The second-order valence-electron chi connectivity index (χ2n) is 6.99. The van der Waals surface area contributed by atoms with Gasteiger partial charge < -0.3 is 14.8 Å². The highest BCUT2D eigenvalue weighted by atomic mass is 16.5. The number of rotatable bonds is 11. The Morgan fingerprint density at radius 2 is 1.68 bits per heavy atom. The fourth-order valence-corrected chi connectivity index (χ4v) is 2.85. The monoisotopic (exact) mass is 349 g/mol. The van der Waals surface area contributed by atoms with E-state index >= 15 is 0 Å². The van der Waals surface area contributed by atoms with Crippen LogP contribution < -0.4 is 10.1 Å². The quantitative estimate of drug-likeness (QED) is 0.544. The van der Waals surface area contributed by atoms with Crippen molar-refractivity contribution >= 4 is 11.6 Å². The van der Waals surface area contributed by atoms with Crippen LogP contribution >= 0.6 is 0 Å². The van der Waals surface area contributed by atoms with Crippen LogP contribution in [0.4, 0.5) is 5.69 Å². The maximum absolute atomic E-state index is 12.7. The zero-order valence-electron chi connectivity index (χ0n) is 16.8. The van der Waals surface area contributed by atoms with Crippen LogP contribution in [0, 0.1) is 13.8 Å². The molecule has 0 radical (unpaired) electrons. The van der Waals surface area contributed by atoms with Crippen LogP contribution in [0.5, 0.6) is 5.75 Å². The van der Waals surface area contributed by atoms with Gasteiger partial charge in [-0.25, -0.2) is 0 Å². The van der Waals surface area contributed by atoms with Crippen molar-refractivity contribution in [1.29, 1.82) is 0 Å². The van der Waals surface area contributed by atoms with Crippen molar-refractivity contribution in [2.45, 2.75) is 78.7 Å². The lowest BCUT2D eigenvalue weighted by Crippen LogP contribution is -2.42. The van der Waals surface area contributed by atoms with Crippen molar-refractivity contribution in [3.8, 4) is 5.75 Å². The van der Waals surface area contributed by atoms with Crippen molar-refractivity contribution in [3.05, 3.63) is 23.3 Å². The number of carbonyl (C=O) groups excluding carboxylic acids is 1. The topological polar surface area (TPSA) is 47.6 Å². The first-order valence-electron chi connectivity index (χ1n) is 9.48. The van der Waals surface area contributed by atoms with E-state index in [-0.39, 0.29) is 5.91 Å². The van der Waals surface area contributed by atoms with Gasteiger partial charge in [-0.15, -0.1) is 0 Å². The molecule has 4 heteroatoms. The molecule has 1 aromatic rings. The molecule has 0 bridgehead atoms. The lowest BCUT2D eigenvalue weighted by Gasteiger charge is -2.27. The molecule has 0 heterocycles. The Hall–Kier alpha value is -1.55. The van der Waals surface area contributed by atoms with Crippen LogP contribution in [0.3, 0.4) is 0 Å². The summed E-state index contributed by atoms with van der Waals surface area (Å²) in [5.41, 5.74) is 2.07. The zero-order valence-corrected chi connectivity index (χ0v) is 16.8. The summed E-state index contributed by atoms with van der Waals surface area (Å²) in [6.45, 7) is 10.9. The Morgan fingerprint density at radius 1 is 1.08 bits per heavy atom. The minimum Gasteiger partial charge on any atom is -0.493 e. The molecule has 1 N–H and O–H groups in total. The standard InChI is InChI=1S/C21H35NO3/c1-7-9-11-12-21(5,24-6)20(23)22-18-14-16(3)19(17(4)15-18)25-13-10-8-2/h14-15H,7-13H2,1-6H3,(H,22,23)/t21-/m0/s1. The van der Waals surface area contributed by atoms with Gasteiger partial charge in [-0.1, -0.05) is 39.5 Å². The van der Waals surface area contributed by atoms with Crippen LogP contribution in [0.25, 0.3) is 0 Å². The van der Waals surface area contributed by atoms with Gasteiger partial charge in [0.05, 0.1) is 6.61 Å². The number of aryl methyl sites for hydroxylation is 2. The van der Waals surface area contributed by atoms with E-state index in [1.807, 2.05) is 32.9 Å². The van der Waals surface area contributed by atoms with E-state index in [4.69, 9.17) is 9.47 Å². The first-order valence-corrected chi connectivity index (χ1v) is 9.48. The Bertz CT molecular complexity index is 533. The molecule has 0 aromatic heterocycles. The van der Waals surface area contributed by atoms with Crippen molar-refractivity contribution in [2.75, 3.05) is 19.0 Å². The molecular weight excluding hydrogens is 314 g/mol. The lowest BCUT2D eigenvalue weighted by molar-refractivity contribution is -0.136. The zero-order chi connectivity index (χ0) is 18.9. The Kier molecular flexibility index (Phi) is 8.98. The Balaban J connectivity index is 2.82. The average molecular weight is 350 g/mol. The van der Waals surface area contributed by atoms with Gasteiger partial charge in [-0.3, -0.25) is 4.79 Å².